The van der Waals surface area contributed by atoms with Crippen LogP contribution in [-0.2, 0) is 4.74 Å². The predicted octanol–water partition coefficient (Wildman–Crippen LogP) is 2.99. The van der Waals surface area contributed by atoms with Crippen LogP contribution < -0.4 is 5.32 Å². The number of ether oxygens (including phenoxy) is 1. The van der Waals surface area contributed by atoms with Gasteiger partial charge < -0.3 is 10.1 Å². The highest BCUT2D eigenvalue weighted by Crippen LogP contribution is 2.16. The van der Waals surface area contributed by atoms with Gasteiger partial charge in [-0.2, -0.15) is 0 Å². The predicted molar refractivity (Wildman–Crippen MR) is 69.4 cm³/mol. The molecule has 100 valence electrons. The molecule has 0 fully saturated rings. The van der Waals surface area contributed by atoms with E-state index in [0.717, 1.165) is 12.0 Å². The topological polar surface area (TPSA) is 21.3 Å². The van der Waals surface area contributed by atoms with Gasteiger partial charge in [0.2, 0.25) is 0 Å². The van der Waals surface area contributed by atoms with E-state index >= 15 is 0 Å². The number of hydrogen-bond acceptors (Lipinski definition) is 2. The molecule has 0 saturated heterocycles. The molecule has 2 nitrogen and oxygen atoms in total. The first-order valence-corrected chi connectivity index (χ1v) is 6.02. The van der Waals surface area contributed by atoms with Gasteiger partial charge in [-0.1, -0.05) is 18.6 Å². The summed E-state index contributed by atoms with van der Waals surface area (Å²) >= 11 is 0. The van der Waals surface area contributed by atoms with Gasteiger partial charge in [-0.15, -0.1) is 0 Å². The molecule has 0 aromatic heterocycles. The zero-order valence-corrected chi connectivity index (χ0v) is 10.8. The average Bonchev–Trinajstić information content (AvgIpc) is 2.36. The highest BCUT2D eigenvalue weighted by Gasteiger charge is 2.06. The van der Waals surface area contributed by atoms with Crippen molar-refractivity contribution in [3.63, 3.8) is 0 Å². The van der Waals surface area contributed by atoms with Gasteiger partial charge in [0.25, 0.3) is 0 Å². The van der Waals surface area contributed by atoms with Crippen molar-refractivity contribution >= 4 is 6.08 Å². The minimum atomic E-state index is -0.530. The fourth-order valence-corrected chi connectivity index (χ4v) is 1.55. The van der Waals surface area contributed by atoms with Crippen molar-refractivity contribution in [3.05, 3.63) is 41.0 Å². The number of halogens is 2. The summed E-state index contributed by atoms with van der Waals surface area (Å²) in [5.74, 6) is -1.06. The van der Waals surface area contributed by atoms with E-state index in [1.54, 1.807) is 13.2 Å². The quantitative estimate of drug-likeness (QED) is 0.756. The Morgan fingerprint density at radius 3 is 2.56 bits per heavy atom. The van der Waals surface area contributed by atoms with Crippen molar-refractivity contribution < 1.29 is 13.5 Å². The first-order chi connectivity index (χ1) is 8.69. The molecule has 0 aliphatic heterocycles. The van der Waals surface area contributed by atoms with Gasteiger partial charge in [-0.05, 0) is 24.6 Å². The first-order valence-electron chi connectivity index (χ1n) is 6.02. The van der Waals surface area contributed by atoms with Gasteiger partial charge in [-0.25, -0.2) is 8.78 Å². The highest BCUT2D eigenvalue weighted by atomic mass is 19.1. The lowest BCUT2D eigenvalue weighted by molar-refractivity contribution is 0.200. The van der Waals surface area contributed by atoms with Crippen LogP contribution in [0.1, 0.15) is 18.9 Å². The van der Waals surface area contributed by atoms with Crippen molar-refractivity contribution in [2.45, 2.75) is 13.3 Å². The number of methoxy groups -OCH3 is 1. The molecular formula is C14H19F2NO. The van der Waals surface area contributed by atoms with Crippen molar-refractivity contribution in [1.29, 1.82) is 0 Å². The van der Waals surface area contributed by atoms with Crippen LogP contribution in [0.15, 0.2) is 23.8 Å². The van der Waals surface area contributed by atoms with Gasteiger partial charge >= 0.3 is 0 Å². The molecule has 0 saturated carbocycles. The number of hydrogen-bond donors (Lipinski definition) is 1. The van der Waals surface area contributed by atoms with E-state index < -0.39 is 11.6 Å². The molecule has 0 atom stereocenters. The molecule has 0 aliphatic carbocycles. The van der Waals surface area contributed by atoms with Crippen molar-refractivity contribution in [1.82, 2.24) is 5.32 Å². The minimum absolute atomic E-state index is 0.0305. The molecule has 1 rings (SSSR count). The maximum atomic E-state index is 13.5. The Balaban J connectivity index is 2.71. The van der Waals surface area contributed by atoms with Crippen LogP contribution in [0.5, 0.6) is 0 Å². The van der Waals surface area contributed by atoms with Crippen LogP contribution in [0.2, 0.25) is 0 Å². The van der Waals surface area contributed by atoms with E-state index in [2.05, 4.69) is 5.32 Å². The van der Waals surface area contributed by atoms with Crippen LogP contribution in [-0.4, -0.2) is 26.8 Å². The lowest BCUT2D eigenvalue weighted by atomic mass is 10.1. The second-order valence-corrected chi connectivity index (χ2v) is 3.96. The van der Waals surface area contributed by atoms with E-state index in [4.69, 9.17) is 4.74 Å². The lowest BCUT2D eigenvalue weighted by Crippen LogP contribution is -2.21. The average molecular weight is 255 g/mol. The van der Waals surface area contributed by atoms with Crippen LogP contribution in [0.4, 0.5) is 8.78 Å². The maximum Gasteiger partial charge on any atom is 0.133 e. The molecule has 1 aromatic rings. The molecule has 0 aliphatic rings. The monoisotopic (exact) mass is 255 g/mol. The van der Waals surface area contributed by atoms with Crippen LogP contribution in [0.3, 0.4) is 0 Å². The van der Waals surface area contributed by atoms with E-state index in [0.29, 0.717) is 19.7 Å². The summed E-state index contributed by atoms with van der Waals surface area (Å²) in [6.07, 6.45) is 2.32. The number of benzene rings is 1. The van der Waals surface area contributed by atoms with Gasteiger partial charge in [0.05, 0.1) is 6.61 Å². The fourth-order valence-electron chi connectivity index (χ4n) is 1.55. The fraction of sp³-hybridized carbons (Fsp3) is 0.429. The molecule has 4 heteroatoms. The van der Waals surface area contributed by atoms with Crippen molar-refractivity contribution in [3.8, 4) is 0 Å². The standard InChI is InChI=1S/C14H19F2NO/c1-3-11(10-17-7-8-18-2)9-12-13(15)5-4-6-14(12)16/h4-6,9,17H,3,7-8,10H2,1-2H3. The first kappa shape index (κ1) is 14.8. The third-order valence-corrected chi connectivity index (χ3v) is 2.64. The third kappa shape index (κ3) is 4.55. The summed E-state index contributed by atoms with van der Waals surface area (Å²) in [6.45, 7) is 3.90. The summed E-state index contributed by atoms with van der Waals surface area (Å²) in [7, 11) is 1.63. The number of rotatable bonds is 7. The molecule has 18 heavy (non-hydrogen) atoms. The zero-order valence-electron chi connectivity index (χ0n) is 10.8. The summed E-state index contributed by atoms with van der Waals surface area (Å²) in [4.78, 5) is 0. The highest BCUT2D eigenvalue weighted by molar-refractivity contribution is 5.54. The van der Waals surface area contributed by atoms with Gasteiger partial charge in [0.15, 0.2) is 0 Å². The molecule has 0 heterocycles. The molecular weight excluding hydrogens is 236 g/mol. The van der Waals surface area contributed by atoms with Gasteiger partial charge in [-0.3, -0.25) is 0 Å². The molecule has 1 N–H and O–H groups in total. The molecule has 0 amide bonds. The van der Waals surface area contributed by atoms with Gasteiger partial charge in [0, 0.05) is 25.8 Å². The second kappa shape index (κ2) is 7.95. The Kier molecular flexibility index (Phi) is 6.54. The van der Waals surface area contributed by atoms with Crippen LogP contribution in [0, 0.1) is 11.6 Å². The lowest BCUT2D eigenvalue weighted by Gasteiger charge is -2.08. The number of nitrogens with one attached hydrogen (secondary N) is 1. The molecule has 1 aromatic carbocycles. The molecule has 0 bridgehead atoms. The second-order valence-electron chi connectivity index (χ2n) is 3.96. The molecule has 0 unspecified atom stereocenters. The smallest absolute Gasteiger partial charge is 0.133 e. The Morgan fingerprint density at radius 2 is 2.00 bits per heavy atom. The largest absolute Gasteiger partial charge is 0.383 e. The summed E-state index contributed by atoms with van der Waals surface area (Å²) in [6, 6.07) is 3.89. The van der Waals surface area contributed by atoms with Crippen LogP contribution >= 0.6 is 0 Å². The Bertz CT molecular complexity index is 385. The summed E-state index contributed by atoms with van der Waals surface area (Å²) in [5, 5.41) is 3.16. The zero-order chi connectivity index (χ0) is 13.4. The van der Waals surface area contributed by atoms with Gasteiger partial charge in [0.1, 0.15) is 11.6 Å². The normalized spacial score (nSPS) is 11.9. The van der Waals surface area contributed by atoms with Crippen LogP contribution in [0.25, 0.3) is 6.08 Å². The Hall–Kier alpha value is -1.26. The summed E-state index contributed by atoms with van der Waals surface area (Å²) in [5.41, 5.74) is 0.984. The van der Waals surface area contributed by atoms with E-state index in [1.807, 2.05) is 6.92 Å². The van der Waals surface area contributed by atoms with E-state index in [1.165, 1.54) is 18.2 Å². The maximum absolute atomic E-state index is 13.5. The Morgan fingerprint density at radius 1 is 1.33 bits per heavy atom. The molecule has 0 radical (unpaired) electrons. The summed E-state index contributed by atoms with van der Waals surface area (Å²) < 4.78 is 31.8. The van der Waals surface area contributed by atoms with E-state index in [9.17, 15) is 8.78 Å². The van der Waals surface area contributed by atoms with Crippen molar-refractivity contribution in [2.75, 3.05) is 26.8 Å². The SMILES string of the molecule is CCC(=Cc1c(F)cccc1F)CNCCOC. The third-order valence-electron chi connectivity index (χ3n) is 2.64. The van der Waals surface area contributed by atoms with E-state index in [-0.39, 0.29) is 5.56 Å². The molecule has 0 spiro atoms. The van der Waals surface area contributed by atoms with Crippen molar-refractivity contribution in [2.24, 2.45) is 0 Å². The minimum Gasteiger partial charge on any atom is -0.383 e. The Labute approximate surface area is 107 Å².